The molecule has 3 nitrogen and oxygen atoms in total. The lowest BCUT2D eigenvalue weighted by Crippen LogP contribution is -2.35. The molecule has 0 unspecified atom stereocenters. The van der Waals surface area contributed by atoms with Crippen molar-refractivity contribution in [1.82, 2.24) is 10.3 Å². The molecule has 3 heteroatoms. The molecule has 1 aliphatic heterocycles. The summed E-state index contributed by atoms with van der Waals surface area (Å²) in [7, 11) is 0. The van der Waals surface area contributed by atoms with E-state index in [1.54, 1.807) is 0 Å². The minimum absolute atomic E-state index is 0.580. The molecular weight excluding hydrogens is 222 g/mol. The molecule has 0 aliphatic carbocycles. The highest BCUT2D eigenvalue weighted by atomic mass is 15.0. The van der Waals surface area contributed by atoms with E-state index in [1.807, 2.05) is 6.07 Å². The monoisotopic (exact) mass is 241 g/mol. The normalized spacial score (nSPS) is 16.9. The number of nitrogens with one attached hydrogen (secondary N) is 2. The van der Waals surface area contributed by atoms with Crippen molar-refractivity contribution in [3.8, 4) is 0 Å². The average Bonchev–Trinajstić information content (AvgIpc) is 2.40. The number of fused-ring (bicyclic) bond motifs is 1. The summed E-state index contributed by atoms with van der Waals surface area (Å²) in [4.78, 5) is 4.58. The molecule has 2 N–H and O–H groups in total. The van der Waals surface area contributed by atoms with Crippen LogP contribution in [0.5, 0.6) is 0 Å². The Kier molecular flexibility index (Phi) is 3.15. The van der Waals surface area contributed by atoms with Crippen molar-refractivity contribution < 1.29 is 0 Å². The number of aryl methyl sites for hydroxylation is 1. The van der Waals surface area contributed by atoms with Crippen LogP contribution >= 0.6 is 0 Å². The number of piperidine rings is 1. The van der Waals surface area contributed by atoms with Crippen LogP contribution in [0.4, 0.5) is 5.69 Å². The summed E-state index contributed by atoms with van der Waals surface area (Å²) in [6.07, 6.45) is 2.38. The molecule has 2 heterocycles. The smallest absolute Gasteiger partial charge is 0.0725 e. The van der Waals surface area contributed by atoms with E-state index in [9.17, 15) is 0 Å². The molecule has 1 aliphatic rings. The summed E-state index contributed by atoms with van der Waals surface area (Å²) in [6, 6.07) is 11.1. The van der Waals surface area contributed by atoms with E-state index >= 15 is 0 Å². The SMILES string of the molecule is Cc1cc(NC2CCNCC2)c2ccccc2n1. The molecule has 2 aromatic rings. The minimum atomic E-state index is 0.580. The minimum Gasteiger partial charge on any atom is -0.382 e. The van der Waals surface area contributed by atoms with Crippen molar-refractivity contribution in [2.24, 2.45) is 0 Å². The number of para-hydroxylation sites is 1. The van der Waals surface area contributed by atoms with Crippen LogP contribution in [0.1, 0.15) is 18.5 Å². The van der Waals surface area contributed by atoms with Crippen molar-refractivity contribution in [2.75, 3.05) is 18.4 Å². The molecule has 0 bridgehead atoms. The van der Waals surface area contributed by atoms with E-state index in [-0.39, 0.29) is 0 Å². The van der Waals surface area contributed by atoms with Gasteiger partial charge in [-0.1, -0.05) is 18.2 Å². The Morgan fingerprint density at radius 3 is 2.83 bits per heavy atom. The summed E-state index contributed by atoms with van der Waals surface area (Å²) in [5.74, 6) is 0. The zero-order chi connectivity index (χ0) is 12.4. The number of hydrogen-bond acceptors (Lipinski definition) is 3. The fourth-order valence-electron chi connectivity index (χ4n) is 2.61. The Labute approximate surface area is 108 Å². The second-order valence-corrected chi connectivity index (χ2v) is 5.00. The van der Waals surface area contributed by atoms with Crippen LogP contribution in [0, 0.1) is 6.92 Å². The Morgan fingerprint density at radius 1 is 1.22 bits per heavy atom. The quantitative estimate of drug-likeness (QED) is 0.849. The number of pyridine rings is 1. The highest BCUT2D eigenvalue weighted by Gasteiger charge is 2.14. The summed E-state index contributed by atoms with van der Waals surface area (Å²) >= 11 is 0. The number of nitrogens with zero attached hydrogens (tertiary/aromatic N) is 1. The Hall–Kier alpha value is -1.61. The van der Waals surface area contributed by atoms with Gasteiger partial charge in [0.05, 0.1) is 5.52 Å². The van der Waals surface area contributed by atoms with Gasteiger partial charge in [-0.05, 0) is 45.0 Å². The Bertz CT molecular complexity index is 544. The van der Waals surface area contributed by atoms with Gasteiger partial charge < -0.3 is 10.6 Å². The molecule has 1 fully saturated rings. The van der Waals surface area contributed by atoms with Crippen molar-refractivity contribution in [3.05, 3.63) is 36.0 Å². The van der Waals surface area contributed by atoms with Gasteiger partial charge in [-0.15, -0.1) is 0 Å². The van der Waals surface area contributed by atoms with E-state index in [2.05, 4.69) is 46.8 Å². The highest BCUT2D eigenvalue weighted by molar-refractivity contribution is 5.91. The third kappa shape index (κ3) is 2.31. The summed E-state index contributed by atoms with van der Waals surface area (Å²) < 4.78 is 0. The van der Waals surface area contributed by atoms with Crippen molar-refractivity contribution in [3.63, 3.8) is 0 Å². The van der Waals surface area contributed by atoms with Gasteiger partial charge in [-0.3, -0.25) is 4.98 Å². The summed E-state index contributed by atoms with van der Waals surface area (Å²) in [5.41, 5.74) is 3.38. The van der Waals surface area contributed by atoms with Crippen LogP contribution in [0.2, 0.25) is 0 Å². The first-order chi connectivity index (χ1) is 8.83. The second-order valence-electron chi connectivity index (χ2n) is 5.00. The van der Waals surface area contributed by atoms with Gasteiger partial charge in [-0.25, -0.2) is 0 Å². The number of rotatable bonds is 2. The topological polar surface area (TPSA) is 37.0 Å². The van der Waals surface area contributed by atoms with Crippen LogP contribution in [0.25, 0.3) is 10.9 Å². The maximum Gasteiger partial charge on any atom is 0.0725 e. The molecule has 1 saturated heterocycles. The lowest BCUT2D eigenvalue weighted by molar-refractivity contribution is 0.479. The highest BCUT2D eigenvalue weighted by Crippen LogP contribution is 2.24. The van der Waals surface area contributed by atoms with E-state index in [4.69, 9.17) is 0 Å². The van der Waals surface area contributed by atoms with E-state index < -0.39 is 0 Å². The third-order valence-corrected chi connectivity index (χ3v) is 3.54. The molecule has 94 valence electrons. The van der Waals surface area contributed by atoms with E-state index in [0.29, 0.717) is 6.04 Å². The van der Waals surface area contributed by atoms with Crippen LogP contribution in [0.15, 0.2) is 30.3 Å². The van der Waals surface area contributed by atoms with Crippen LogP contribution in [-0.4, -0.2) is 24.1 Å². The van der Waals surface area contributed by atoms with E-state index in [0.717, 1.165) is 24.3 Å². The average molecular weight is 241 g/mol. The fraction of sp³-hybridized carbons (Fsp3) is 0.400. The number of aromatic nitrogens is 1. The first-order valence-electron chi connectivity index (χ1n) is 6.66. The van der Waals surface area contributed by atoms with Crippen LogP contribution in [0.3, 0.4) is 0 Å². The molecule has 1 aromatic heterocycles. The standard InChI is InChI=1S/C15H19N3/c1-11-10-15(18-12-6-8-16-9-7-12)13-4-2-3-5-14(13)17-11/h2-5,10,12,16H,6-9H2,1H3,(H,17,18). The zero-order valence-corrected chi connectivity index (χ0v) is 10.7. The number of hydrogen-bond donors (Lipinski definition) is 2. The van der Waals surface area contributed by atoms with Gasteiger partial charge in [0.2, 0.25) is 0 Å². The maximum absolute atomic E-state index is 4.58. The molecular formula is C15H19N3. The molecule has 0 amide bonds. The maximum atomic E-state index is 4.58. The van der Waals surface area contributed by atoms with Gasteiger partial charge >= 0.3 is 0 Å². The molecule has 18 heavy (non-hydrogen) atoms. The molecule has 0 saturated carbocycles. The Morgan fingerprint density at radius 2 is 2.00 bits per heavy atom. The second kappa shape index (κ2) is 4.94. The predicted octanol–water partition coefficient (Wildman–Crippen LogP) is 2.71. The van der Waals surface area contributed by atoms with Crippen LogP contribution < -0.4 is 10.6 Å². The first-order valence-corrected chi connectivity index (χ1v) is 6.66. The summed E-state index contributed by atoms with van der Waals surface area (Å²) in [5, 5.41) is 8.31. The largest absolute Gasteiger partial charge is 0.382 e. The van der Waals surface area contributed by atoms with Gasteiger partial charge in [0.1, 0.15) is 0 Å². The number of anilines is 1. The predicted molar refractivity (Wildman–Crippen MR) is 76.0 cm³/mol. The van der Waals surface area contributed by atoms with Crippen LogP contribution in [-0.2, 0) is 0 Å². The molecule has 3 rings (SSSR count). The molecule has 1 aromatic carbocycles. The van der Waals surface area contributed by atoms with E-state index in [1.165, 1.54) is 23.9 Å². The van der Waals surface area contributed by atoms with Gasteiger partial charge in [0.15, 0.2) is 0 Å². The Balaban J connectivity index is 1.94. The molecule has 0 radical (unpaired) electrons. The van der Waals surface area contributed by atoms with Gasteiger partial charge in [0.25, 0.3) is 0 Å². The molecule has 0 atom stereocenters. The van der Waals surface area contributed by atoms with Crippen molar-refractivity contribution in [1.29, 1.82) is 0 Å². The van der Waals surface area contributed by atoms with Crippen molar-refractivity contribution >= 4 is 16.6 Å². The fourth-order valence-corrected chi connectivity index (χ4v) is 2.61. The summed E-state index contributed by atoms with van der Waals surface area (Å²) in [6.45, 7) is 4.28. The van der Waals surface area contributed by atoms with Gasteiger partial charge in [0, 0.05) is 22.8 Å². The lowest BCUT2D eigenvalue weighted by Gasteiger charge is -2.25. The lowest BCUT2D eigenvalue weighted by atomic mass is 10.1. The zero-order valence-electron chi connectivity index (χ0n) is 10.7. The van der Waals surface area contributed by atoms with Gasteiger partial charge in [-0.2, -0.15) is 0 Å². The first kappa shape index (κ1) is 11.5. The molecule has 0 spiro atoms. The third-order valence-electron chi connectivity index (χ3n) is 3.54. The van der Waals surface area contributed by atoms with Crippen molar-refractivity contribution in [2.45, 2.75) is 25.8 Å². The number of benzene rings is 1.